The summed E-state index contributed by atoms with van der Waals surface area (Å²) in [5.74, 6) is -4.84. The Hall–Kier alpha value is -5.89. The summed E-state index contributed by atoms with van der Waals surface area (Å²) in [4.78, 5) is 20.1. The van der Waals surface area contributed by atoms with E-state index in [2.05, 4.69) is 0 Å². The van der Waals surface area contributed by atoms with E-state index in [1.807, 2.05) is 84.9 Å². The zero-order valence-electron chi connectivity index (χ0n) is 29.5. The van der Waals surface area contributed by atoms with Crippen molar-refractivity contribution in [2.75, 3.05) is 0 Å². The van der Waals surface area contributed by atoms with Gasteiger partial charge in [-0.05, 0) is 74.3 Å². The number of aromatic nitrogens is 4. The molecule has 0 radical (unpaired) electrons. The summed E-state index contributed by atoms with van der Waals surface area (Å²) >= 11 is 5.24. The van der Waals surface area contributed by atoms with E-state index < -0.39 is 16.9 Å². The van der Waals surface area contributed by atoms with Crippen molar-refractivity contribution in [3.05, 3.63) is 168 Å². The Morgan fingerprint density at radius 3 is 1.14 bits per heavy atom. The molecule has 4 aromatic carbocycles. The van der Waals surface area contributed by atoms with E-state index in [0.717, 1.165) is 22.8 Å². The molecule has 0 amide bonds. The Labute approximate surface area is 337 Å². The maximum atomic E-state index is 16.2. The van der Waals surface area contributed by atoms with Crippen molar-refractivity contribution in [2.24, 2.45) is 0 Å². The summed E-state index contributed by atoms with van der Waals surface area (Å²) in [7, 11) is 0. The summed E-state index contributed by atoms with van der Waals surface area (Å²) in [6.45, 7) is 0. The predicted octanol–water partition coefficient (Wildman–Crippen LogP) is 12.4. The first-order chi connectivity index (χ1) is 26.7. The molecule has 10 heteroatoms. The van der Waals surface area contributed by atoms with Crippen molar-refractivity contribution in [1.82, 2.24) is 19.9 Å². The van der Waals surface area contributed by atoms with Crippen LogP contribution in [-0.4, -0.2) is 21.3 Å². The van der Waals surface area contributed by atoms with Crippen molar-refractivity contribution in [1.29, 1.82) is 0 Å². The maximum absolute atomic E-state index is 16.2. The van der Waals surface area contributed by atoms with E-state index in [1.165, 1.54) is 0 Å². The van der Waals surface area contributed by atoms with Crippen molar-refractivity contribution in [3.8, 4) is 44.5 Å². The van der Waals surface area contributed by atoms with Gasteiger partial charge < -0.3 is 9.97 Å². The normalized spacial score (nSPS) is 12.6. The van der Waals surface area contributed by atoms with Crippen molar-refractivity contribution >= 4 is 57.5 Å². The summed E-state index contributed by atoms with van der Waals surface area (Å²) in [6, 6.07) is 44.1. The van der Waals surface area contributed by atoms with Crippen LogP contribution in [0.15, 0.2) is 146 Å². The first kappa shape index (κ1) is 37.1. The first-order valence-electron chi connectivity index (χ1n) is 17.4. The number of alkyl halides is 5. The molecule has 268 valence electrons. The zero-order valence-corrected chi connectivity index (χ0v) is 33.2. The van der Waals surface area contributed by atoms with Gasteiger partial charge in [0.15, 0.2) is 0 Å². The molecule has 0 atom stereocenters. The van der Waals surface area contributed by atoms with Crippen LogP contribution >= 0.6 is 11.6 Å². The average molecular weight is 813 g/mol. The number of rotatable bonds is 6. The first-order valence-corrected chi connectivity index (χ1v) is 17.8. The number of benzene rings is 4. The number of nitrogens with zero attached hydrogens (tertiary/aromatic N) is 4. The molecule has 0 saturated carbocycles. The van der Waals surface area contributed by atoms with E-state index in [4.69, 9.17) is 31.5 Å². The monoisotopic (exact) mass is 810 g/mol. The molecule has 5 heterocycles. The minimum atomic E-state index is -4.95. The smallest absolute Gasteiger partial charge is 0.657 e. The standard InChI is InChI=1S/C46H27ClF4N4.Zn/c47-46(50,51)45(48,49)32-27-39-42(30-17-9-3-10-18-30)37-24-23-35(53-37)40(28-13-5-1-6-14-28)33-21-22-34(52-33)41(29-15-7-2-8-16-29)36-25-26-38(54-36)43(44(32)55-39)31-19-11-4-12-20-31;/h1-27H;/q-2;+2. The number of fused-ring (bicyclic) bond motifs is 8. The van der Waals surface area contributed by atoms with Crippen molar-refractivity contribution in [3.63, 3.8) is 0 Å². The van der Waals surface area contributed by atoms with E-state index in [0.29, 0.717) is 50.2 Å². The molecule has 56 heavy (non-hydrogen) atoms. The van der Waals surface area contributed by atoms with E-state index >= 15 is 8.78 Å². The van der Waals surface area contributed by atoms with Gasteiger partial charge in [-0.2, -0.15) is 17.6 Å². The third-order valence-electron chi connectivity index (χ3n) is 9.66. The SMILES string of the molecule is FC(F)(Cl)C(F)(F)C1=Cc2nc1c(-c1ccccc1)c1ccc([n-]1)c(-c1ccccc1)c1nc(c(-c3ccccc3)c3ccc([n-]3)c2-c2ccccc2)C=C1.[Zn+2]. The van der Waals surface area contributed by atoms with Gasteiger partial charge >= 0.3 is 30.8 Å². The van der Waals surface area contributed by atoms with Crippen LogP contribution in [0.3, 0.4) is 0 Å². The van der Waals surface area contributed by atoms with Crippen LogP contribution in [0.4, 0.5) is 17.6 Å². The second-order valence-electron chi connectivity index (χ2n) is 13.1. The molecule has 3 aromatic heterocycles. The molecule has 0 spiro atoms. The van der Waals surface area contributed by atoms with Crippen LogP contribution in [0.1, 0.15) is 22.8 Å². The molecular formula is C46H27ClF4N4Zn. The Balaban J connectivity index is 0.00000441. The number of hydrogen-bond acceptors (Lipinski definition) is 2. The fraction of sp³-hybridized carbons (Fsp3) is 0.0435. The minimum Gasteiger partial charge on any atom is -0.657 e. The predicted molar refractivity (Wildman–Crippen MR) is 213 cm³/mol. The number of hydrogen-bond donors (Lipinski definition) is 0. The molecule has 7 aromatic rings. The minimum absolute atomic E-state index is 0. The van der Waals surface area contributed by atoms with Gasteiger partial charge in [-0.1, -0.05) is 146 Å². The van der Waals surface area contributed by atoms with Gasteiger partial charge in [-0.15, -0.1) is 22.1 Å². The Kier molecular flexibility index (Phi) is 9.69. The zero-order chi connectivity index (χ0) is 37.7. The number of allylic oxidation sites excluding steroid dienone is 1. The van der Waals surface area contributed by atoms with Crippen LogP contribution in [0.2, 0.25) is 0 Å². The van der Waals surface area contributed by atoms with Gasteiger partial charge in [0.05, 0.1) is 28.3 Å². The molecule has 9 rings (SSSR count). The Bertz CT molecular complexity index is 2810. The van der Waals surface area contributed by atoms with Crippen LogP contribution in [0, 0.1) is 0 Å². The van der Waals surface area contributed by atoms with Gasteiger partial charge in [0, 0.05) is 0 Å². The molecule has 0 saturated heterocycles. The maximum Gasteiger partial charge on any atom is 2.00 e. The fourth-order valence-corrected chi connectivity index (χ4v) is 7.26. The fourth-order valence-electron chi connectivity index (χ4n) is 7.16. The van der Waals surface area contributed by atoms with Crippen molar-refractivity contribution < 1.29 is 37.0 Å². The third kappa shape index (κ3) is 6.51. The summed E-state index contributed by atoms with van der Waals surface area (Å²) in [6.07, 6.45) is 4.87. The molecule has 0 unspecified atom stereocenters. The van der Waals surface area contributed by atoms with E-state index in [-0.39, 0.29) is 41.9 Å². The molecule has 4 nitrogen and oxygen atoms in total. The van der Waals surface area contributed by atoms with Gasteiger partial charge in [-0.25, -0.2) is 9.97 Å². The molecule has 0 aliphatic carbocycles. The molecule has 0 N–H and O–H groups in total. The second-order valence-corrected chi connectivity index (χ2v) is 13.6. The van der Waals surface area contributed by atoms with Crippen LogP contribution < -0.4 is 9.97 Å². The van der Waals surface area contributed by atoms with Gasteiger partial charge in [0.25, 0.3) is 0 Å². The molecule has 2 aliphatic rings. The van der Waals surface area contributed by atoms with Crippen LogP contribution in [0.5, 0.6) is 0 Å². The Morgan fingerprint density at radius 2 is 0.768 bits per heavy atom. The molecule has 8 bridgehead atoms. The van der Waals surface area contributed by atoms with Gasteiger partial charge in [-0.3, -0.25) is 0 Å². The summed E-state index contributed by atoms with van der Waals surface area (Å²) < 4.78 is 62.2. The second kappa shape index (κ2) is 14.6. The van der Waals surface area contributed by atoms with E-state index in [9.17, 15) is 8.78 Å². The topological polar surface area (TPSA) is 54.0 Å². The van der Waals surface area contributed by atoms with Crippen molar-refractivity contribution in [2.45, 2.75) is 11.3 Å². The third-order valence-corrected chi connectivity index (χ3v) is 9.90. The average Bonchev–Trinajstić information content (AvgIpc) is 4.03. The number of halogens is 5. The van der Waals surface area contributed by atoms with Gasteiger partial charge in [0.2, 0.25) is 0 Å². The molecular weight excluding hydrogens is 785 g/mol. The van der Waals surface area contributed by atoms with Crippen LogP contribution in [-0.2, 0) is 19.5 Å². The van der Waals surface area contributed by atoms with Gasteiger partial charge in [0.1, 0.15) is 0 Å². The van der Waals surface area contributed by atoms with Crippen LogP contribution in [0.25, 0.3) is 90.4 Å². The van der Waals surface area contributed by atoms with E-state index in [1.54, 1.807) is 72.8 Å². The molecule has 2 aliphatic heterocycles. The summed E-state index contributed by atoms with van der Waals surface area (Å²) in [5.41, 5.74) is 6.25. The quantitative estimate of drug-likeness (QED) is 0.0953. The largest absolute Gasteiger partial charge is 2.00 e. The Morgan fingerprint density at radius 1 is 0.429 bits per heavy atom. The summed E-state index contributed by atoms with van der Waals surface area (Å²) in [5, 5.41) is -4.95. The molecule has 0 fully saturated rings.